The number of methoxy groups -OCH3 is 1. The minimum Gasteiger partial charge on any atom is -0.494 e. The summed E-state index contributed by atoms with van der Waals surface area (Å²) in [7, 11) is 1.19. The number of esters is 1. The van der Waals surface area contributed by atoms with Crippen LogP contribution in [-0.4, -0.2) is 44.4 Å². The number of hydrogen-bond acceptors (Lipinski definition) is 7. The molecule has 5 rings (SSSR count). The second-order valence-corrected chi connectivity index (χ2v) is 9.83. The SMILES string of the molecule is CCCOc1ccc(-c2ccc(C(CC)(C(=O)OC)n3cc4nc(-c5cccc(F)c5F)nc-4cn3)cn2)c(C(F)(F)F)c1. The van der Waals surface area contributed by atoms with Crippen LogP contribution in [0.4, 0.5) is 22.0 Å². The highest BCUT2D eigenvalue weighted by atomic mass is 19.4. The monoisotopic (exact) mass is 611 g/mol. The summed E-state index contributed by atoms with van der Waals surface area (Å²) >= 11 is 0. The van der Waals surface area contributed by atoms with Gasteiger partial charge in [0.2, 0.25) is 0 Å². The molecule has 1 atom stereocenters. The lowest BCUT2D eigenvalue weighted by atomic mass is 9.87. The number of pyridine rings is 1. The Bertz CT molecular complexity index is 1770. The van der Waals surface area contributed by atoms with Crippen LogP contribution < -0.4 is 4.74 Å². The Balaban J connectivity index is 1.58. The summed E-state index contributed by atoms with van der Waals surface area (Å²) in [6, 6.07) is 10.2. The van der Waals surface area contributed by atoms with Crippen molar-refractivity contribution >= 4 is 5.97 Å². The zero-order valence-electron chi connectivity index (χ0n) is 23.8. The van der Waals surface area contributed by atoms with Gasteiger partial charge in [0.1, 0.15) is 17.1 Å². The van der Waals surface area contributed by atoms with Crippen LogP contribution in [-0.2, 0) is 21.2 Å². The molecule has 2 aliphatic rings. The predicted molar refractivity (Wildman–Crippen MR) is 150 cm³/mol. The van der Waals surface area contributed by atoms with E-state index in [-0.39, 0.29) is 58.4 Å². The van der Waals surface area contributed by atoms with Gasteiger partial charge in [0, 0.05) is 17.3 Å². The maximum atomic E-state index is 14.4. The van der Waals surface area contributed by atoms with Crippen molar-refractivity contribution < 1.29 is 36.2 Å². The third-order valence-corrected chi connectivity index (χ3v) is 7.17. The molecular weight excluding hydrogens is 585 g/mol. The second kappa shape index (κ2) is 12.0. The molecule has 0 saturated heterocycles. The number of alkyl halides is 3. The fourth-order valence-electron chi connectivity index (χ4n) is 4.94. The average molecular weight is 612 g/mol. The number of halogens is 5. The molecule has 1 unspecified atom stereocenters. The summed E-state index contributed by atoms with van der Waals surface area (Å²) in [6.45, 7) is 3.82. The van der Waals surface area contributed by atoms with Crippen molar-refractivity contribution in [3.05, 3.63) is 89.9 Å². The topological polar surface area (TPSA) is 92.0 Å². The van der Waals surface area contributed by atoms with Gasteiger partial charge in [-0.15, -0.1) is 0 Å². The third-order valence-electron chi connectivity index (χ3n) is 7.17. The number of imidazole rings is 1. The molecule has 44 heavy (non-hydrogen) atoms. The van der Waals surface area contributed by atoms with Crippen molar-refractivity contribution in [2.45, 2.75) is 38.4 Å². The van der Waals surface area contributed by atoms with Crippen LogP contribution in [0.25, 0.3) is 34.0 Å². The predicted octanol–water partition coefficient (Wildman–Crippen LogP) is 6.92. The summed E-state index contributed by atoms with van der Waals surface area (Å²) in [5.41, 5.74) is -2.05. The number of aromatic nitrogens is 5. The fourth-order valence-corrected chi connectivity index (χ4v) is 4.94. The summed E-state index contributed by atoms with van der Waals surface area (Å²) < 4.78 is 82.1. The summed E-state index contributed by atoms with van der Waals surface area (Å²) in [4.78, 5) is 26.2. The second-order valence-electron chi connectivity index (χ2n) is 9.83. The number of fused-ring (bicyclic) bond motifs is 1. The van der Waals surface area contributed by atoms with Crippen LogP contribution >= 0.6 is 0 Å². The maximum absolute atomic E-state index is 14.4. The molecule has 0 fully saturated rings. The first-order chi connectivity index (χ1) is 21.0. The van der Waals surface area contributed by atoms with Crippen LogP contribution in [0.1, 0.15) is 37.8 Å². The third kappa shape index (κ3) is 5.45. The lowest BCUT2D eigenvalue weighted by Gasteiger charge is -2.32. The van der Waals surface area contributed by atoms with Crippen molar-refractivity contribution in [1.29, 1.82) is 0 Å². The molecule has 0 amide bonds. The molecular formula is C31H26F5N5O3. The minimum absolute atomic E-state index is 0.0232. The van der Waals surface area contributed by atoms with Gasteiger partial charge < -0.3 is 9.47 Å². The van der Waals surface area contributed by atoms with Gasteiger partial charge in [-0.3, -0.25) is 4.98 Å². The highest BCUT2D eigenvalue weighted by Gasteiger charge is 2.44. The number of benzene rings is 2. The highest BCUT2D eigenvalue weighted by molar-refractivity contribution is 5.83. The van der Waals surface area contributed by atoms with Crippen molar-refractivity contribution in [3.8, 4) is 39.8 Å². The molecule has 13 heteroatoms. The van der Waals surface area contributed by atoms with Crippen molar-refractivity contribution in [1.82, 2.24) is 24.7 Å². The van der Waals surface area contributed by atoms with E-state index in [2.05, 4.69) is 20.1 Å². The zero-order chi connectivity index (χ0) is 31.6. The van der Waals surface area contributed by atoms with Crippen LogP contribution in [0, 0.1) is 11.6 Å². The fraction of sp³-hybridized carbons (Fsp3) is 0.258. The number of nitrogens with zero attached hydrogens (tertiary/aromatic N) is 5. The lowest BCUT2D eigenvalue weighted by Crippen LogP contribution is -2.44. The quantitative estimate of drug-likeness (QED) is 0.132. The maximum Gasteiger partial charge on any atom is 0.417 e. The summed E-state index contributed by atoms with van der Waals surface area (Å²) in [5.74, 6) is -2.87. The molecule has 0 bridgehead atoms. The number of carbonyl (C=O) groups is 1. The number of ether oxygens (including phenoxy) is 2. The van der Waals surface area contributed by atoms with Gasteiger partial charge in [0.05, 0.1) is 42.9 Å². The van der Waals surface area contributed by atoms with Crippen LogP contribution in [0.3, 0.4) is 0 Å². The largest absolute Gasteiger partial charge is 0.494 e. The van der Waals surface area contributed by atoms with E-state index in [1.807, 2.05) is 6.92 Å². The van der Waals surface area contributed by atoms with E-state index in [0.29, 0.717) is 6.42 Å². The van der Waals surface area contributed by atoms with E-state index in [0.717, 1.165) is 12.1 Å². The first kappa shape index (κ1) is 30.5. The Morgan fingerprint density at radius 1 is 0.932 bits per heavy atom. The number of carbonyl (C=O) groups excluding carboxylic acids is 1. The Kier molecular flexibility index (Phi) is 8.31. The van der Waals surface area contributed by atoms with Crippen molar-refractivity contribution in [2.24, 2.45) is 0 Å². The molecule has 0 N–H and O–H groups in total. The van der Waals surface area contributed by atoms with Gasteiger partial charge in [-0.2, -0.15) is 18.3 Å². The number of hydrogen-bond donors (Lipinski definition) is 0. The van der Waals surface area contributed by atoms with E-state index in [1.54, 1.807) is 6.92 Å². The van der Waals surface area contributed by atoms with E-state index in [9.17, 15) is 26.7 Å². The van der Waals surface area contributed by atoms with Crippen LogP contribution in [0.15, 0.2) is 67.1 Å². The molecule has 0 aliphatic carbocycles. The van der Waals surface area contributed by atoms with Gasteiger partial charge in [-0.05, 0) is 49.2 Å². The Morgan fingerprint density at radius 3 is 2.36 bits per heavy atom. The standard InChI is InChI=1S/C31H26F5N5O3/c1-4-13-44-19-10-11-20(22(14-19)31(34,35)36)24-12-9-18(15-37-24)30(5-2,29(42)43-3)41-17-26-25(16-38-41)39-28(40-26)21-7-6-8-23(32)27(21)33/h6-12,14-17H,4-5,13H2,1-3H3. The first-order valence-corrected chi connectivity index (χ1v) is 13.6. The molecule has 1 aromatic heterocycles. The molecule has 2 aliphatic heterocycles. The first-order valence-electron chi connectivity index (χ1n) is 13.6. The van der Waals surface area contributed by atoms with Gasteiger partial charge >= 0.3 is 12.1 Å². The van der Waals surface area contributed by atoms with E-state index >= 15 is 0 Å². The normalized spacial score (nSPS) is 13.1. The Labute approximate surface area is 248 Å². The molecule has 2 aromatic carbocycles. The van der Waals surface area contributed by atoms with E-state index in [4.69, 9.17) is 9.47 Å². The van der Waals surface area contributed by atoms with Gasteiger partial charge in [0.25, 0.3) is 0 Å². The Morgan fingerprint density at radius 2 is 1.70 bits per heavy atom. The van der Waals surface area contributed by atoms with E-state index < -0.39 is 34.9 Å². The zero-order valence-corrected chi connectivity index (χ0v) is 23.8. The molecule has 8 nitrogen and oxygen atoms in total. The van der Waals surface area contributed by atoms with Gasteiger partial charge in [-0.25, -0.2) is 28.2 Å². The van der Waals surface area contributed by atoms with Gasteiger partial charge in [-0.1, -0.05) is 26.0 Å². The molecule has 3 heterocycles. The van der Waals surface area contributed by atoms with Gasteiger partial charge in [0.15, 0.2) is 23.0 Å². The summed E-state index contributed by atoms with van der Waals surface area (Å²) in [6.07, 6.45) is 0.0746. The number of rotatable bonds is 9. The molecule has 0 radical (unpaired) electrons. The molecule has 3 aromatic rings. The summed E-state index contributed by atoms with van der Waals surface area (Å²) in [5, 5.41) is 4.36. The Hall–Kier alpha value is -4.94. The molecule has 0 spiro atoms. The minimum atomic E-state index is -4.68. The van der Waals surface area contributed by atoms with E-state index in [1.165, 1.54) is 66.8 Å². The smallest absolute Gasteiger partial charge is 0.417 e. The van der Waals surface area contributed by atoms with Crippen LogP contribution in [0.2, 0.25) is 0 Å². The highest BCUT2D eigenvalue weighted by Crippen LogP contribution is 2.40. The van der Waals surface area contributed by atoms with Crippen LogP contribution in [0.5, 0.6) is 5.75 Å². The molecule has 228 valence electrons. The van der Waals surface area contributed by atoms with Crippen molar-refractivity contribution in [2.75, 3.05) is 13.7 Å². The van der Waals surface area contributed by atoms with Crippen molar-refractivity contribution in [3.63, 3.8) is 0 Å². The molecule has 0 saturated carbocycles. The average Bonchev–Trinajstić information content (AvgIpc) is 3.45. The lowest BCUT2D eigenvalue weighted by molar-refractivity contribution is -0.149.